The van der Waals surface area contributed by atoms with Gasteiger partial charge in [0.2, 0.25) is 0 Å². The zero-order valence-corrected chi connectivity index (χ0v) is 16.4. The van der Waals surface area contributed by atoms with Crippen molar-refractivity contribution in [1.29, 1.82) is 0 Å². The second-order valence-corrected chi connectivity index (χ2v) is 6.25. The topological polar surface area (TPSA) is 15.3 Å². The van der Waals surface area contributed by atoms with E-state index in [1.807, 2.05) is 0 Å². The number of hydrogen-bond acceptors (Lipinski definition) is 2. The van der Waals surface area contributed by atoms with Gasteiger partial charge in [-0.2, -0.15) is 39.5 Å². The number of benzene rings is 1. The quantitative estimate of drug-likeness (QED) is 0.543. The highest BCUT2D eigenvalue weighted by Gasteiger charge is 2.41. The molecule has 0 radical (unpaired) electrons. The van der Waals surface area contributed by atoms with Crippen LogP contribution in [0, 0.1) is 0 Å². The fraction of sp³-hybridized carbons (Fsp3) is 0.625. The Balaban J connectivity index is 0.00000392. The average molecular weight is 481 g/mol. The highest BCUT2D eigenvalue weighted by Crippen LogP contribution is 2.42. The molecule has 2 nitrogen and oxygen atoms in total. The van der Waals surface area contributed by atoms with Crippen LogP contribution in [-0.2, 0) is 12.4 Å². The summed E-state index contributed by atoms with van der Waals surface area (Å²) in [5.74, 6) is 0. The second kappa shape index (κ2) is 10.4. The van der Waals surface area contributed by atoms with E-state index < -0.39 is 54.1 Å². The first-order chi connectivity index (χ1) is 12.3. The molecule has 0 saturated carbocycles. The lowest BCUT2D eigenvalue weighted by molar-refractivity contribution is -0.144. The lowest BCUT2D eigenvalue weighted by atomic mass is 9.92. The molecule has 1 aromatic carbocycles. The molecule has 1 aromatic rings. The van der Waals surface area contributed by atoms with E-state index in [0.717, 1.165) is 0 Å². The molecule has 1 heterocycles. The molecule has 0 amide bonds. The van der Waals surface area contributed by atoms with Gasteiger partial charge in [0.15, 0.2) is 0 Å². The number of nitrogens with zero attached hydrogens (tertiary/aromatic N) is 1. The van der Waals surface area contributed by atoms with E-state index in [9.17, 15) is 39.5 Å². The van der Waals surface area contributed by atoms with Crippen molar-refractivity contribution in [3.05, 3.63) is 34.9 Å². The highest BCUT2D eigenvalue weighted by atomic mass is 35.5. The molecule has 1 atom stereocenters. The van der Waals surface area contributed by atoms with Gasteiger partial charge in [0, 0.05) is 38.6 Å². The fourth-order valence-corrected chi connectivity index (χ4v) is 3.10. The van der Waals surface area contributed by atoms with Gasteiger partial charge in [0.25, 0.3) is 0 Å². The van der Waals surface area contributed by atoms with Crippen LogP contribution in [0.2, 0.25) is 0 Å². The molecule has 1 aliphatic rings. The first kappa shape index (κ1) is 28.1. The summed E-state index contributed by atoms with van der Waals surface area (Å²) in [5.41, 5.74) is -3.61. The Bertz CT molecular complexity index is 639. The van der Waals surface area contributed by atoms with E-state index in [4.69, 9.17) is 0 Å². The van der Waals surface area contributed by atoms with Gasteiger partial charge in [-0.3, -0.25) is 4.90 Å². The molecule has 0 aromatic heterocycles. The zero-order chi connectivity index (χ0) is 20.5. The molecule has 13 heteroatoms. The van der Waals surface area contributed by atoms with Crippen molar-refractivity contribution >= 4 is 24.8 Å². The van der Waals surface area contributed by atoms with Gasteiger partial charge in [-0.1, -0.05) is 6.07 Å². The summed E-state index contributed by atoms with van der Waals surface area (Å²) >= 11 is 0. The van der Waals surface area contributed by atoms with Crippen molar-refractivity contribution in [2.24, 2.45) is 0 Å². The van der Waals surface area contributed by atoms with E-state index in [2.05, 4.69) is 5.32 Å². The third-order valence-electron chi connectivity index (χ3n) is 4.34. The van der Waals surface area contributed by atoms with Gasteiger partial charge < -0.3 is 5.32 Å². The van der Waals surface area contributed by atoms with E-state index >= 15 is 0 Å². The average Bonchev–Trinajstić information content (AvgIpc) is 2.53. The number of halogens is 11. The smallest absolute Gasteiger partial charge is 0.314 e. The molecular weight excluding hydrogens is 462 g/mol. The Morgan fingerprint density at radius 2 is 1.41 bits per heavy atom. The molecule has 0 bridgehead atoms. The molecule has 1 aliphatic heterocycles. The lowest BCUT2D eigenvalue weighted by Gasteiger charge is -2.36. The molecule has 0 unspecified atom stereocenters. The molecule has 0 aliphatic carbocycles. The largest absolute Gasteiger partial charge is 0.416 e. The molecule has 1 fully saturated rings. The van der Waals surface area contributed by atoms with Crippen molar-refractivity contribution in [2.75, 3.05) is 26.2 Å². The van der Waals surface area contributed by atoms with Gasteiger partial charge >= 0.3 is 18.5 Å². The van der Waals surface area contributed by atoms with Crippen LogP contribution in [0.1, 0.15) is 35.6 Å². The van der Waals surface area contributed by atoms with Crippen LogP contribution in [0.15, 0.2) is 18.2 Å². The summed E-state index contributed by atoms with van der Waals surface area (Å²) in [4.78, 5) is 1.44. The van der Waals surface area contributed by atoms with Crippen LogP contribution in [0.25, 0.3) is 0 Å². The van der Waals surface area contributed by atoms with Crippen LogP contribution in [0.5, 0.6) is 0 Å². The van der Waals surface area contributed by atoms with Gasteiger partial charge in [-0.25, -0.2) is 0 Å². The zero-order valence-electron chi connectivity index (χ0n) is 14.7. The predicted octanol–water partition coefficient (Wildman–Crippen LogP) is 5.86. The Morgan fingerprint density at radius 1 is 0.862 bits per heavy atom. The van der Waals surface area contributed by atoms with Gasteiger partial charge in [-0.05, 0) is 24.1 Å². The minimum Gasteiger partial charge on any atom is -0.314 e. The number of piperazine rings is 1. The summed E-state index contributed by atoms with van der Waals surface area (Å²) in [5, 5.41) is 2.93. The van der Waals surface area contributed by atoms with Crippen LogP contribution in [0.3, 0.4) is 0 Å². The van der Waals surface area contributed by atoms with Gasteiger partial charge in [-0.15, -0.1) is 24.8 Å². The Morgan fingerprint density at radius 3 is 1.86 bits per heavy atom. The summed E-state index contributed by atoms with van der Waals surface area (Å²) in [6, 6.07) is -0.187. The Hall–Kier alpha value is -0.910. The number of hydrogen-bond donors (Lipinski definition) is 1. The Kier molecular flexibility index (Phi) is 10.1. The van der Waals surface area contributed by atoms with E-state index in [1.165, 1.54) is 4.90 Å². The molecule has 170 valence electrons. The maximum atomic E-state index is 13.4. The van der Waals surface area contributed by atoms with Gasteiger partial charge in [0.05, 0.1) is 11.1 Å². The van der Waals surface area contributed by atoms with E-state index in [0.29, 0.717) is 25.2 Å². The maximum absolute atomic E-state index is 13.4. The summed E-state index contributed by atoms with van der Waals surface area (Å²) in [6.45, 7) is 1.12. The van der Waals surface area contributed by atoms with Crippen molar-refractivity contribution in [2.45, 2.75) is 37.4 Å². The predicted molar refractivity (Wildman–Crippen MR) is 93.4 cm³/mol. The normalized spacial score (nSPS) is 17.3. The molecule has 1 saturated heterocycles. The second-order valence-electron chi connectivity index (χ2n) is 6.25. The summed E-state index contributed by atoms with van der Waals surface area (Å²) in [7, 11) is 0. The number of rotatable bonds is 4. The van der Waals surface area contributed by atoms with Crippen LogP contribution in [-0.4, -0.2) is 37.3 Å². The van der Waals surface area contributed by atoms with Crippen LogP contribution >= 0.6 is 24.8 Å². The Labute approximate surface area is 173 Å². The van der Waals surface area contributed by atoms with E-state index in [-0.39, 0.29) is 44.0 Å². The maximum Gasteiger partial charge on any atom is 0.416 e. The van der Waals surface area contributed by atoms with Crippen LogP contribution < -0.4 is 5.32 Å². The summed E-state index contributed by atoms with van der Waals surface area (Å²) < 4.78 is 117. The van der Waals surface area contributed by atoms with Crippen molar-refractivity contribution in [3.8, 4) is 0 Å². The molecular formula is C16H19Cl2F9N2. The van der Waals surface area contributed by atoms with E-state index in [1.54, 1.807) is 0 Å². The fourth-order valence-electron chi connectivity index (χ4n) is 3.10. The van der Waals surface area contributed by atoms with Crippen molar-refractivity contribution < 1.29 is 39.5 Å². The molecule has 0 spiro atoms. The minimum absolute atomic E-state index is 0. The first-order valence-electron chi connectivity index (χ1n) is 8.09. The molecule has 1 N–H and O–H groups in total. The van der Waals surface area contributed by atoms with Crippen molar-refractivity contribution in [3.63, 3.8) is 0 Å². The lowest BCUT2D eigenvalue weighted by Crippen LogP contribution is -2.45. The minimum atomic E-state index is -5.12. The standard InChI is InChI=1S/C16H17F9N2.2ClH/c17-14(18,19)4-3-13(27-7-5-26-6-8-27)11-2-1-10(15(20,21)22)9-12(11)16(23,24)25;;/h1-2,9,13,26H,3-8H2;2*1H/t13-;;/m1../s1. The van der Waals surface area contributed by atoms with Crippen LogP contribution in [0.4, 0.5) is 39.5 Å². The summed E-state index contributed by atoms with van der Waals surface area (Å²) in [6.07, 6.45) is -16.7. The number of alkyl halides is 9. The monoisotopic (exact) mass is 480 g/mol. The van der Waals surface area contributed by atoms with Crippen molar-refractivity contribution in [1.82, 2.24) is 10.2 Å². The first-order valence-corrected chi connectivity index (χ1v) is 8.09. The SMILES string of the molecule is Cl.Cl.FC(F)(F)CC[C@H](c1ccc(C(F)(F)F)cc1C(F)(F)F)N1CCNCC1. The molecule has 2 rings (SSSR count). The third-order valence-corrected chi connectivity index (χ3v) is 4.34. The third kappa shape index (κ3) is 8.03. The van der Waals surface area contributed by atoms with Gasteiger partial charge in [0.1, 0.15) is 0 Å². The number of nitrogens with one attached hydrogen (secondary N) is 1. The molecule has 29 heavy (non-hydrogen) atoms. The highest BCUT2D eigenvalue weighted by molar-refractivity contribution is 5.85.